The quantitative estimate of drug-likeness (QED) is 0.337. The Morgan fingerprint density at radius 1 is 1.09 bits per heavy atom. The number of nitrogens with one attached hydrogen (secondary N) is 2. The van der Waals surface area contributed by atoms with Gasteiger partial charge in [0.05, 0.1) is 22.4 Å². The van der Waals surface area contributed by atoms with Crippen LogP contribution in [0.25, 0.3) is 0 Å². The van der Waals surface area contributed by atoms with Gasteiger partial charge < -0.3 is 25.0 Å². The molecular formula is C24H39N3O4S. The van der Waals surface area contributed by atoms with Crippen LogP contribution in [0, 0.1) is 12.8 Å². The second kappa shape index (κ2) is 12.6. The lowest BCUT2D eigenvalue weighted by Crippen LogP contribution is -2.52. The monoisotopic (exact) mass is 465 g/mol. The van der Waals surface area contributed by atoms with E-state index >= 15 is 0 Å². The summed E-state index contributed by atoms with van der Waals surface area (Å²) in [6.45, 7) is 13.5. The number of aliphatic hydroxyl groups is 2. The van der Waals surface area contributed by atoms with Gasteiger partial charge in [0.1, 0.15) is 12.4 Å². The molecule has 0 aliphatic rings. The summed E-state index contributed by atoms with van der Waals surface area (Å²) in [5, 5.41) is 30.4. The third kappa shape index (κ3) is 10.4. The van der Waals surface area contributed by atoms with Crippen molar-refractivity contribution in [1.29, 1.82) is 0 Å². The van der Waals surface area contributed by atoms with Crippen molar-refractivity contribution >= 4 is 11.3 Å². The summed E-state index contributed by atoms with van der Waals surface area (Å²) >= 11 is 1.61. The molecule has 1 aromatic carbocycles. The van der Waals surface area contributed by atoms with E-state index in [1.165, 1.54) is 0 Å². The van der Waals surface area contributed by atoms with Gasteiger partial charge in [0, 0.05) is 18.0 Å². The minimum absolute atomic E-state index is 0.392. The largest absolute Gasteiger partial charge is 0.487 e. The number of aromatic nitrogens is 1. The first-order chi connectivity index (χ1) is 15.0. The van der Waals surface area contributed by atoms with Crippen molar-refractivity contribution in [1.82, 2.24) is 15.6 Å². The lowest BCUT2D eigenvalue weighted by Gasteiger charge is -2.31. The van der Waals surface area contributed by atoms with Crippen LogP contribution in [0.1, 0.15) is 50.9 Å². The summed E-state index contributed by atoms with van der Waals surface area (Å²) in [5.74, 6) is 1.25. The van der Waals surface area contributed by atoms with E-state index in [0.717, 1.165) is 28.6 Å². The maximum Gasteiger partial charge on any atom is 0.214 e. The molecule has 1 heterocycles. The Bertz CT molecular complexity index is 789. The fourth-order valence-corrected chi connectivity index (χ4v) is 3.73. The van der Waals surface area contributed by atoms with Gasteiger partial charge in [0.25, 0.3) is 0 Å². The fourth-order valence-electron chi connectivity index (χ4n) is 3.13. The minimum Gasteiger partial charge on any atom is -0.487 e. The van der Waals surface area contributed by atoms with Gasteiger partial charge in [-0.2, -0.15) is 0 Å². The van der Waals surface area contributed by atoms with Crippen LogP contribution in [0.15, 0.2) is 29.6 Å². The van der Waals surface area contributed by atoms with Crippen molar-refractivity contribution in [2.45, 2.75) is 78.7 Å². The van der Waals surface area contributed by atoms with Gasteiger partial charge in [-0.15, -0.1) is 11.3 Å². The number of thiazole rings is 1. The van der Waals surface area contributed by atoms with Crippen LogP contribution < -0.4 is 15.4 Å². The molecular weight excluding hydrogens is 426 g/mol. The highest BCUT2D eigenvalue weighted by Crippen LogP contribution is 2.17. The van der Waals surface area contributed by atoms with Crippen LogP contribution in [-0.2, 0) is 17.8 Å². The van der Waals surface area contributed by atoms with E-state index in [-0.39, 0.29) is 0 Å². The summed E-state index contributed by atoms with van der Waals surface area (Å²) in [4.78, 5) is 4.41. The van der Waals surface area contributed by atoms with Gasteiger partial charge in [0.2, 0.25) is 6.41 Å². The molecule has 0 saturated carbocycles. The Balaban J connectivity index is 1.97. The molecule has 0 fully saturated rings. The van der Waals surface area contributed by atoms with Crippen molar-refractivity contribution in [3.63, 3.8) is 0 Å². The number of benzene rings is 1. The molecule has 7 nitrogen and oxygen atoms in total. The van der Waals surface area contributed by atoms with E-state index in [1.807, 2.05) is 57.3 Å². The fraction of sp³-hybridized carbons (Fsp3) is 0.625. The topological polar surface area (TPSA) is 95.9 Å². The Morgan fingerprint density at radius 3 is 2.34 bits per heavy atom. The number of aliphatic hydroxyl groups excluding tert-OH is 2. The van der Waals surface area contributed by atoms with Gasteiger partial charge in [0.15, 0.2) is 0 Å². The summed E-state index contributed by atoms with van der Waals surface area (Å²) < 4.78 is 11.4. The summed E-state index contributed by atoms with van der Waals surface area (Å²) in [6, 6.07) is 7.38. The van der Waals surface area contributed by atoms with E-state index in [4.69, 9.17) is 9.47 Å². The molecule has 4 N–H and O–H groups in total. The summed E-state index contributed by atoms with van der Waals surface area (Å²) in [5.41, 5.74) is 1.43. The van der Waals surface area contributed by atoms with Crippen molar-refractivity contribution in [2.24, 2.45) is 5.92 Å². The second-order valence-corrected chi connectivity index (χ2v) is 10.5. The van der Waals surface area contributed by atoms with Crippen LogP contribution in [0.3, 0.4) is 0 Å². The number of hydrogen-bond acceptors (Lipinski definition) is 8. The van der Waals surface area contributed by atoms with Crippen molar-refractivity contribution in [2.75, 3.05) is 13.1 Å². The Kier molecular flexibility index (Phi) is 10.5. The molecule has 0 aliphatic carbocycles. The molecule has 0 spiro atoms. The average Bonchev–Trinajstić information content (AvgIpc) is 3.10. The Hall–Kier alpha value is -1.55. The molecule has 3 unspecified atom stereocenters. The highest BCUT2D eigenvalue weighted by molar-refractivity contribution is 7.09. The van der Waals surface area contributed by atoms with Crippen molar-refractivity contribution in [3.8, 4) is 5.75 Å². The predicted molar refractivity (Wildman–Crippen MR) is 129 cm³/mol. The zero-order valence-corrected chi connectivity index (χ0v) is 20.9. The van der Waals surface area contributed by atoms with Gasteiger partial charge in [-0.1, -0.05) is 26.0 Å². The number of ether oxygens (including phenoxy) is 2. The van der Waals surface area contributed by atoms with E-state index in [1.54, 1.807) is 11.3 Å². The van der Waals surface area contributed by atoms with E-state index in [0.29, 0.717) is 25.5 Å². The normalized spacial score (nSPS) is 15.0. The van der Waals surface area contributed by atoms with Crippen molar-refractivity contribution in [3.05, 3.63) is 45.9 Å². The zero-order valence-electron chi connectivity index (χ0n) is 20.1. The lowest BCUT2D eigenvalue weighted by atomic mass is 10.0. The number of hydrogen-bond donors (Lipinski definition) is 4. The van der Waals surface area contributed by atoms with Crippen LogP contribution in [-0.4, -0.2) is 52.4 Å². The molecule has 8 heteroatoms. The van der Waals surface area contributed by atoms with Gasteiger partial charge in [-0.25, -0.2) is 4.98 Å². The molecule has 0 saturated heterocycles. The highest BCUT2D eigenvalue weighted by Gasteiger charge is 2.25. The molecule has 1 aromatic heterocycles. The van der Waals surface area contributed by atoms with Crippen LogP contribution in [0.2, 0.25) is 0 Å². The predicted octanol–water partition coefficient (Wildman–Crippen LogP) is 3.23. The number of aryl methyl sites for hydroxylation is 1. The van der Waals surface area contributed by atoms with E-state index in [2.05, 4.69) is 29.5 Å². The first kappa shape index (κ1) is 26.7. The molecule has 0 bridgehead atoms. The third-order valence-electron chi connectivity index (χ3n) is 4.62. The van der Waals surface area contributed by atoms with Crippen LogP contribution in [0.5, 0.6) is 5.75 Å². The molecule has 180 valence electrons. The van der Waals surface area contributed by atoms with E-state index in [9.17, 15) is 10.2 Å². The molecule has 32 heavy (non-hydrogen) atoms. The molecule has 2 aromatic rings. The van der Waals surface area contributed by atoms with Gasteiger partial charge in [-0.3, -0.25) is 5.32 Å². The maximum absolute atomic E-state index is 10.8. The first-order valence-electron chi connectivity index (χ1n) is 11.2. The van der Waals surface area contributed by atoms with Gasteiger partial charge >= 0.3 is 0 Å². The molecule has 0 aliphatic heterocycles. The smallest absolute Gasteiger partial charge is 0.214 e. The van der Waals surface area contributed by atoms with Crippen LogP contribution >= 0.6 is 11.3 Å². The maximum atomic E-state index is 10.8. The highest BCUT2D eigenvalue weighted by atomic mass is 32.1. The average molecular weight is 466 g/mol. The first-order valence-corrected chi connectivity index (χ1v) is 12.0. The van der Waals surface area contributed by atoms with Gasteiger partial charge in [-0.05, 0) is 64.3 Å². The molecule has 0 amide bonds. The van der Waals surface area contributed by atoms with E-state index < -0.39 is 24.2 Å². The molecule has 3 atom stereocenters. The SMILES string of the molecule is Cc1nc(COc2ccc(CC(NC(O)OC(C)(C)C)C(O)CNCC(C)C)cc2)cs1. The standard InChI is InChI=1S/C24H39N3O4S/c1-16(2)12-25-13-22(28)21(27-23(29)31-24(4,5)6)11-18-7-9-20(10-8-18)30-14-19-15-32-17(3)26-19/h7-10,15-16,21-23,25,27-29H,11-14H2,1-6H3. The molecule has 2 rings (SSSR count). The molecule has 0 radical (unpaired) electrons. The number of nitrogens with zero attached hydrogens (tertiary/aromatic N) is 1. The number of rotatable bonds is 13. The Morgan fingerprint density at radius 2 is 1.78 bits per heavy atom. The Labute approximate surface area is 196 Å². The van der Waals surface area contributed by atoms with Crippen LogP contribution in [0.4, 0.5) is 0 Å². The minimum atomic E-state index is -1.18. The summed E-state index contributed by atoms with van der Waals surface area (Å²) in [7, 11) is 0. The summed E-state index contributed by atoms with van der Waals surface area (Å²) in [6.07, 6.45) is -1.35. The lowest BCUT2D eigenvalue weighted by molar-refractivity contribution is -0.189. The zero-order chi connectivity index (χ0) is 23.7. The second-order valence-electron chi connectivity index (χ2n) is 9.47. The third-order valence-corrected chi connectivity index (χ3v) is 5.45. The van der Waals surface area contributed by atoms with Crippen molar-refractivity contribution < 1.29 is 19.7 Å².